The molecule has 3 aromatic heterocycles. The third kappa shape index (κ3) is 2.49. The molecule has 0 aliphatic carbocycles. The second kappa shape index (κ2) is 4.97. The molecule has 0 spiro atoms. The van der Waals surface area contributed by atoms with Crippen molar-refractivity contribution >= 4 is 11.4 Å². The minimum absolute atomic E-state index is 0.171. The van der Waals surface area contributed by atoms with E-state index in [9.17, 15) is 4.79 Å². The van der Waals surface area contributed by atoms with Crippen molar-refractivity contribution in [1.82, 2.24) is 14.9 Å². The van der Waals surface area contributed by atoms with Gasteiger partial charge in [-0.15, -0.1) is 0 Å². The molecular formula is C14H13N3O2. The van der Waals surface area contributed by atoms with E-state index in [1.54, 1.807) is 16.8 Å². The molecule has 0 aromatic carbocycles. The molecule has 1 N–H and O–H groups in total. The molecular weight excluding hydrogens is 242 g/mol. The molecule has 5 nitrogen and oxygen atoms in total. The number of hydrogen-bond acceptors (Lipinski definition) is 3. The van der Waals surface area contributed by atoms with E-state index in [0.717, 1.165) is 11.3 Å². The quantitative estimate of drug-likeness (QED) is 0.774. The summed E-state index contributed by atoms with van der Waals surface area (Å²) in [6.07, 6.45) is 4.11. The van der Waals surface area contributed by atoms with Gasteiger partial charge in [0.25, 0.3) is 5.91 Å². The van der Waals surface area contributed by atoms with Crippen LogP contribution in [0.5, 0.6) is 0 Å². The van der Waals surface area contributed by atoms with Gasteiger partial charge in [-0.25, -0.2) is 4.52 Å². The Morgan fingerprint density at radius 1 is 1.32 bits per heavy atom. The largest absolute Gasteiger partial charge is 0.469 e. The number of nitrogens with zero attached hydrogens (tertiary/aromatic N) is 2. The Bertz CT molecular complexity index is 653. The van der Waals surface area contributed by atoms with Crippen molar-refractivity contribution in [1.29, 1.82) is 0 Å². The lowest BCUT2D eigenvalue weighted by atomic mass is 10.3. The van der Waals surface area contributed by atoms with Gasteiger partial charge in [-0.05, 0) is 30.3 Å². The number of nitrogens with one attached hydrogen (secondary N) is 1. The highest BCUT2D eigenvalue weighted by molar-refractivity contribution is 5.93. The maximum atomic E-state index is 11.9. The highest BCUT2D eigenvalue weighted by atomic mass is 16.3. The summed E-state index contributed by atoms with van der Waals surface area (Å²) in [4.78, 5) is 11.9. The number of carbonyl (C=O) groups is 1. The van der Waals surface area contributed by atoms with E-state index in [1.165, 1.54) is 0 Å². The molecule has 0 aliphatic heterocycles. The van der Waals surface area contributed by atoms with E-state index in [1.807, 2.05) is 36.5 Å². The zero-order valence-corrected chi connectivity index (χ0v) is 10.2. The van der Waals surface area contributed by atoms with E-state index in [2.05, 4.69) is 10.4 Å². The molecule has 96 valence electrons. The normalized spacial score (nSPS) is 10.7. The van der Waals surface area contributed by atoms with Crippen LogP contribution in [0.2, 0.25) is 0 Å². The first-order valence-corrected chi connectivity index (χ1v) is 6.08. The SMILES string of the molecule is O=C(NCCc1ccco1)c1cc2ccccn2n1. The van der Waals surface area contributed by atoms with Crippen LogP contribution in [0.15, 0.2) is 53.3 Å². The fourth-order valence-electron chi connectivity index (χ4n) is 1.89. The summed E-state index contributed by atoms with van der Waals surface area (Å²) in [5.41, 5.74) is 1.32. The number of pyridine rings is 1. The van der Waals surface area contributed by atoms with Gasteiger partial charge in [-0.3, -0.25) is 4.79 Å². The van der Waals surface area contributed by atoms with Gasteiger partial charge in [0.2, 0.25) is 0 Å². The number of carbonyl (C=O) groups excluding carboxylic acids is 1. The van der Waals surface area contributed by atoms with Gasteiger partial charge < -0.3 is 9.73 Å². The van der Waals surface area contributed by atoms with Crippen LogP contribution < -0.4 is 5.32 Å². The first-order valence-electron chi connectivity index (χ1n) is 6.08. The Morgan fingerprint density at radius 3 is 3.05 bits per heavy atom. The van der Waals surface area contributed by atoms with Crippen LogP contribution in [0.3, 0.4) is 0 Å². The zero-order chi connectivity index (χ0) is 13.1. The van der Waals surface area contributed by atoms with Crippen molar-refractivity contribution in [3.8, 4) is 0 Å². The van der Waals surface area contributed by atoms with Crippen molar-refractivity contribution in [2.75, 3.05) is 6.54 Å². The average Bonchev–Trinajstić information content (AvgIpc) is 3.07. The van der Waals surface area contributed by atoms with Gasteiger partial charge in [-0.2, -0.15) is 5.10 Å². The summed E-state index contributed by atoms with van der Waals surface area (Å²) in [5, 5.41) is 7.03. The number of aromatic nitrogens is 2. The minimum atomic E-state index is -0.171. The molecule has 0 saturated heterocycles. The molecule has 0 atom stereocenters. The lowest BCUT2D eigenvalue weighted by molar-refractivity contribution is 0.0948. The molecule has 0 bridgehead atoms. The van der Waals surface area contributed by atoms with Gasteiger partial charge in [0.05, 0.1) is 11.8 Å². The predicted molar refractivity (Wildman–Crippen MR) is 69.9 cm³/mol. The third-order valence-corrected chi connectivity index (χ3v) is 2.84. The van der Waals surface area contributed by atoms with Crippen LogP contribution in [-0.4, -0.2) is 22.1 Å². The number of furan rings is 1. The topological polar surface area (TPSA) is 59.5 Å². The van der Waals surface area contributed by atoms with Crippen LogP contribution in [-0.2, 0) is 6.42 Å². The summed E-state index contributed by atoms with van der Waals surface area (Å²) in [5.74, 6) is 0.686. The third-order valence-electron chi connectivity index (χ3n) is 2.84. The molecule has 3 aromatic rings. The second-order valence-corrected chi connectivity index (χ2v) is 4.18. The molecule has 3 heterocycles. The number of hydrogen-bond donors (Lipinski definition) is 1. The molecule has 0 fully saturated rings. The summed E-state index contributed by atoms with van der Waals surface area (Å²) >= 11 is 0. The summed E-state index contributed by atoms with van der Waals surface area (Å²) in [6.45, 7) is 0.528. The summed E-state index contributed by atoms with van der Waals surface area (Å²) < 4.78 is 6.88. The van der Waals surface area contributed by atoms with Crippen LogP contribution in [0.4, 0.5) is 0 Å². The Labute approximate surface area is 109 Å². The van der Waals surface area contributed by atoms with E-state index in [-0.39, 0.29) is 5.91 Å². The van der Waals surface area contributed by atoms with E-state index in [0.29, 0.717) is 18.7 Å². The highest BCUT2D eigenvalue weighted by Crippen LogP contribution is 2.05. The number of fused-ring (bicyclic) bond motifs is 1. The Morgan fingerprint density at radius 2 is 2.26 bits per heavy atom. The van der Waals surface area contributed by atoms with Gasteiger partial charge >= 0.3 is 0 Å². The first kappa shape index (κ1) is 11.5. The molecule has 0 unspecified atom stereocenters. The van der Waals surface area contributed by atoms with Gasteiger partial charge in [0.1, 0.15) is 5.76 Å². The smallest absolute Gasteiger partial charge is 0.271 e. The first-order chi connectivity index (χ1) is 9.33. The monoisotopic (exact) mass is 255 g/mol. The Balaban J connectivity index is 1.63. The Hall–Kier alpha value is -2.56. The predicted octanol–water partition coefficient (Wildman–Crippen LogP) is 1.90. The lowest BCUT2D eigenvalue weighted by Gasteiger charge is -2.00. The number of rotatable bonds is 4. The average molecular weight is 255 g/mol. The van der Waals surface area contributed by atoms with Gasteiger partial charge in [0, 0.05) is 19.2 Å². The highest BCUT2D eigenvalue weighted by Gasteiger charge is 2.10. The Kier molecular flexibility index (Phi) is 3.02. The molecule has 0 radical (unpaired) electrons. The molecule has 3 rings (SSSR count). The number of amides is 1. The maximum Gasteiger partial charge on any atom is 0.271 e. The second-order valence-electron chi connectivity index (χ2n) is 4.18. The summed E-state index contributed by atoms with van der Waals surface area (Å²) in [6, 6.07) is 11.2. The van der Waals surface area contributed by atoms with Crippen molar-refractivity contribution in [2.24, 2.45) is 0 Å². The fraction of sp³-hybridized carbons (Fsp3) is 0.143. The lowest BCUT2D eigenvalue weighted by Crippen LogP contribution is -2.26. The van der Waals surface area contributed by atoms with E-state index < -0.39 is 0 Å². The molecule has 0 saturated carbocycles. The zero-order valence-electron chi connectivity index (χ0n) is 10.2. The van der Waals surface area contributed by atoms with E-state index in [4.69, 9.17) is 4.42 Å². The van der Waals surface area contributed by atoms with E-state index >= 15 is 0 Å². The summed E-state index contributed by atoms with van der Waals surface area (Å²) in [7, 11) is 0. The van der Waals surface area contributed by atoms with Crippen molar-refractivity contribution in [2.45, 2.75) is 6.42 Å². The van der Waals surface area contributed by atoms with Crippen molar-refractivity contribution in [3.05, 3.63) is 60.3 Å². The standard InChI is InChI=1S/C14H13N3O2/c18-14(15-7-6-12-5-3-9-19-12)13-10-11-4-1-2-8-17(11)16-13/h1-5,8-10H,6-7H2,(H,15,18). The van der Waals surface area contributed by atoms with Gasteiger partial charge in [-0.1, -0.05) is 6.07 Å². The molecule has 19 heavy (non-hydrogen) atoms. The molecule has 0 aliphatic rings. The minimum Gasteiger partial charge on any atom is -0.469 e. The van der Waals surface area contributed by atoms with Crippen molar-refractivity contribution < 1.29 is 9.21 Å². The molecule has 1 amide bonds. The van der Waals surface area contributed by atoms with Crippen LogP contribution in [0.1, 0.15) is 16.2 Å². The van der Waals surface area contributed by atoms with Crippen molar-refractivity contribution in [3.63, 3.8) is 0 Å². The maximum absolute atomic E-state index is 11.9. The van der Waals surface area contributed by atoms with Crippen LogP contribution in [0, 0.1) is 0 Å². The fourth-order valence-corrected chi connectivity index (χ4v) is 1.89. The molecule has 5 heteroatoms. The van der Waals surface area contributed by atoms with Crippen LogP contribution >= 0.6 is 0 Å². The van der Waals surface area contributed by atoms with Gasteiger partial charge in [0.15, 0.2) is 5.69 Å². The van der Waals surface area contributed by atoms with Crippen LogP contribution in [0.25, 0.3) is 5.52 Å².